The molecule has 0 aromatic heterocycles. The Balaban J connectivity index is 2.14. The molecule has 0 aliphatic heterocycles. The summed E-state index contributed by atoms with van der Waals surface area (Å²) in [5, 5.41) is 17.6. The summed E-state index contributed by atoms with van der Waals surface area (Å²) in [4.78, 5) is 10.8. The van der Waals surface area contributed by atoms with Crippen molar-refractivity contribution in [2.45, 2.75) is 6.61 Å². The predicted molar refractivity (Wildman–Crippen MR) is 78.4 cm³/mol. The second kappa shape index (κ2) is 7.04. The topological polar surface area (TPSA) is 70.3 Å². The second-order valence-corrected chi connectivity index (χ2v) is 4.43. The zero-order valence-corrected chi connectivity index (χ0v) is 11.5. The van der Waals surface area contributed by atoms with Gasteiger partial charge in [-0.15, -0.1) is 0 Å². The van der Waals surface area contributed by atoms with Crippen LogP contribution < -0.4 is 4.74 Å². The predicted octanol–water partition coefficient (Wildman–Crippen LogP) is 3.40. The Kier molecular flexibility index (Phi) is 4.89. The maximum Gasteiger partial charge on any atom is 0.346 e. The summed E-state index contributed by atoms with van der Waals surface area (Å²) in [6.45, 7) is 0.0594. The van der Waals surface area contributed by atoms with Crippen molar-refractivity contribution in [1.82, 2.24) is 0 Å². The van der Waals surface area contributed by atoms with Gasteiger partial charge < -0.3 is 9.84 Å². The molecule has 22 heavy (non-hydrogen) atoms. The third-order valence-corrected chi connectivity index (χ3v) is 2.87. The van der Waals surface area contributed by atoms with Gasteiger partial charge in [0.1, 0.15) is 29.8 Å². The monoisotopic (exact) mass is 297 g/mol. The van der Waals surface area contributed by atoms with Gasteiger partial charge in [0.2, 0.25) is 0 Å². The third kappa shape index (κ3) is 3.93. The van der Waals surface area contributed by atoms with Crippen LogP contribution in [0, 0.1) is 17.1 Å². The lowest BCUT2D eigenvalue weighted by Crippen LogP contribution is -1.99. The van der Waals surface area contributed by atoms with Gasteiger partial charge in [-0.05, 0) is 29.8 Å². The van der Waals surface area contributed by atoms with Gasteiger partial charge in [0, 0.05) is 5.56 Å². The fraction of sp³-hybridized carbons (Fsp3) is 0.0588. The standard InChI is InChI=1S/C17H12FNO3/c18-16-7-2-1-5-13(16)11-22-15-6-3-4-12(9-15)8-14(10-19)17(20)21/h1-9H,11H2,(H,20,21). The lowest BCUT2D eigenvalue weighted by atomic mass is 10.1. The van der Waals surface area contributed by atoms with Crippen molar-refractivity contribution in [3.63, 3.8) is 0 Å². The molecule has 0 spiro atoms. The molecular formula is C17H12FNO3. The van der Waals surface area contributed by atoms with Gasteiger partial charge in [-0.2, -0.15) is 5.26 Å². The number of hydrogen-bond donors (Lipinski definition) is 1. The molecule has 2 rings (SSSR count). The molecule has 0 saturated carbocycles. The van der Waals surface area contributed by atoms with E-state index in [4.69, 9.17) is 15.1 Å². The van der Waals surface area contributed by atoms with Crippen molar-refractivity contribution in [2.75, 3.05) is 0 Å². The summed E-state index contributed by atoms with van der Waals surface area (Å²) < 4.78 is 19.0. The lowest BCUT2D eigenvalue weighted by Gasteiger charge is -2.07. The number of rotatable bonds is 5. The number of ether oxygens (including phenoxy) is 1. The van der Waals surface area contributed by atoms with Crippen LogP contribution in [-0.2, 0) is 11.4 Å². The van der Waals surface area contributed by atoms with E-state index in [-0.39, 0.29) is 18.0 Å². The van der Waals surface area contributed by atoms with Crippen LogP contribution in [0.15, 0.2) is 54.1 Å². The summed E-state index contributed by atoms with van der Waals surface area (Å²) in [6.07, 6.45) is 1.25. The van der Waals surface area contributed by atoms with E-state index in [1.807, 2.05) is 0 Å². The molecule has 0 atom stereocenters. The second-order valence-electron chi connectivity index (χ2n) is 4.43. The number of carboxylic acids is 1. The zero-order chi connectivity index (χ0) is 15.9. The smallest absolute Gasteiger partial charge is 0.346 e. The molecule has 5 heteroatoms. The summed E-state index contributed by atoms with van der Waals surface area (Å²) in [5.41, 5.74) is 0.572. The molecule has 2 aromatic rings. The largest absolute Gasteiger partial charge is 0.489 e. The van der Waals surface area contributed by atoms with Crippen molar-refractivity contribution >= 4 is 12.0 Å². The molecule has 0 aliphatic carbocycles. The highest BCUT2D eigenvalue weighted by Crippen LogP contribution is 2.18. The van der Waals surface area contributed by atoms with Gasteiger partial charge >= 0.3 is 5.97 Å². The number of benzene rings is 2. The van der Waals surface area contributed by atoms with E-state index in [1.54, 1.807) is 48.5 Å². The first-order valence-electron chi connectivity index (χ1n) is 6.41. The van der Waals surface area contributed by atoms with Crippen molar-refractivity contribution in [2.24, 2.45) is 0 Å². The van der Waals surface area contributed by atoms with Crippen molar-refractivity contribution < 1.29 is 19.0 Å². The molecular weight excluding hydrogens is 285 g/mol. The van der Waals surface area contributed by atoms with Gasteiger partial charge in [-0.25, -0.2) is 9.18 Å². The maximum absolute atomic E-state index is 13.5. The minimum atomic E-state index is -1.29. The average Bonchev–Trinajstić information content (AvgIpc) is 2.52. The van der Waals surface area contributed by atoms with E-state index in [9.17, 15) is 9.18 Å². The molecule has 0 bridgehead atoms. The van der Waals surface area contributed by atoms with Crippen LogP contribution in [0.25, 0.3) is 6.08 Å². The lowest BCUT2D eigenvalue weighted by molar-refractivity contribution is -0.132. The summed E-state index contributed by atoms with van der Waals surface area (Å²) in [5.74, 6) is -1.18. The van der Waals surface area contributed by atoms with E-state index in [1.165, 1.54) is 12.1 Å². The first kappa shape index (κ1) is 15.3. The highest BCUT2D eigenvalue weighted by atomic mass is 19.1. The summed E-state index contributed by atoms with van der Waals surface area (Å²) >= 11 is 0. The molecule has 1 N–H and O–H groups in total. The fourth-order valence-electron chi connectivity index (χ4n) is 1.78. The quantitative estimate of drug-likeness (QED) is 0.678. The molecule has 0 saturated heterocycles. The van der Waals surface area contributed by atoms with Gasteiger partial charge in [0.05, 0.1) is 0 Å². The van der Waals surface area contributed by atoms with Crippen LogP contribution in [0.4, 0.5) is 4.39 Å². The number of hydrogen-bond acceptors (Lipinski definition) is 3. The number of nitriles is 1. The van der Waals surface area contributed by atoms with Crippen molar-refractivity contribution in [3.8, 4) is 11.8 Å². The van der Waals surface area contributed by atoms with Gasteiger partial charge in [0.25, 0.3) is 0 Å². The molecule has 2 aromatic carbocycles. The van der Waals surface area contributed by atoms with Crippen LogP contribution in [-0.4, -0.2) is 11.1 Å². The fourth-order valence-corrected chi connectivity index (χ4v) is 1.78. The Morgan fingerprint density at radius 1 is 1.27 bits per heavy atom. The van der Waals surface area contributed by atoms with Crippen LogP contribution >= 0.6 is 0 Å². The number of aliphatic carboxylic acids is 1. The van der Waals surface area contributed by atoms with Gasteiger partial charge in [0.15, 0.2) is 0 Å². The zero-order valence-electron chi connectivity index (χ0n) is 11.5. The normalized spacial score (nSPS) is 10.8. The van der Waals surface area contributed by atoms with Crippen molar-refractivity contribution in [1.29, 1.82) is 5.26 Å². The van der Waals surface area contributed by atoms with Gasteiger partial charge in [-0.3, -0.25) is 0 Å². The Hall–Kier alpha value is -3.13. The Morgan fingerprint density at radius 2 is 2.05 bits per heavy atom. The number of nitrogens with zero attached hydrogens (tertiary/aromatic N) is 1. The van der Waals surface area contributed by atoms with Crippen LogP contribution in [0.3, 0.4) is 0 Å². The van der Waals surface area contributed by atoms with E-state index >= 15 is 0 Å². The summed E-state index contributed by atoms with van der Waals surface area (Å²) in [6, 6.07) is 14.5. The maximum atomic E-state index is 13.5. The SMILES string of the molecule is N#CC(=Cc1cccc(OCc2ccccc2F)c1)C(=O)O. The number of halogens is 1. The number of carbonyl (C=O) groups is 1. The van der Waals surface area contributed by atoms with Crippen molar-refractivity contribution in [3.05, 3.63) is 71.0 Å². The van der Waals surface area contributed by atoms with E-state index in [0.29, 0.717) is 16.9 Å². The third-order valence-electron chi connectivity index (χ3n) is 2.87. The first-order chi connectivity index (χ1) is 10.6. The minimum Gasteiger partial charge on any atom is -0.489 e. The van der Waals surface area contributed by atoms with E-state index in [0.717, 1.165) is 0 Å². The molecule has 0 amide bonds. The van der Waals surface area contributed by atoms with E-state index in [2.05, 4.69) is 0 Å². The minimum absolute atomic E-state index is 0.0594. The summed E-state index contributed by atoms with van der Waals surface area (Å²) in [7, 11) is 0. The highest BCUT2D eigenvalue weighted by molar-refractivity contribution is 5.96. The highest BCUT2D eigenvalue weighted by Gasteiger charge is 2.06. The van der Waals surface area contributed by atoms with Crippen LogP contribution in [0.1, 0.15) is 11.1 Å². The Bertz CT molecular complexity index is 762. The van der Waals surface area contributed by atoms with Crippen LogP contribution in [0.2, 0.25) is 0 Å². The Labute approximate surface area is 126 Å². The molecule has 110 valence electrons. The molecule has 0 radical (unpaired) electrons. The number of carboxylic acid groups (broad SMARTS) is 1. The van der Waals surface area contributed by atoms with Gasteiger partial charge in [-0.1, -0.05) is 30.3 Å². The first-order valence-corrected chi connectivity index (χ1v) is 6.41. The van der Waals surface area contributed by atoms with E-state index < -0.39 is 5.97 Å². The molecule has 0 fully saturated rings. The average molecular weight is 297 g/mol. The van der Waals surface area contributed by atoms with Crippen LogP contribution in [0.5, 0.6) is 5.75 Å². The molecule has 0 aliphatic rings. The molecule has 0 unspecified atom stereocenters. The molecule has 4 nitrogen and oxygen atoms in total. The molecule has 0 heterocycles. The Morgan fingerprint density at radius 3 is 2.73 bits per heavy atom.